The number of aromatic nitrogens is 4. The van der Waals surface area contributed by atoms with E-state index in [0.717, 1.165) is 0 Å². The van der Waals surface area contributed by atoms with Crippen molar-refractivity contribution in [3.05, 3.63) is 70.0 Å². The molecular weight excluding hydrogens is 410 g/mol. The number of nitrogens with zero attached hydrogens (tertiary/aromatic N) is 4. The van der Waals surface area contributed by atoms with Gasteiger partial charge in [0.2, 0.25) is 5.78 Å². The molecule has 2 aromatic heterocycles. The van der Waals surface area contributed by atoms with E-state index in [9.17, 15) is 13.6 Å². The Labute approximate surface area is 175 Å². The highest BCUT2D eigenvalue weighted by molar-refractivity contribution is 7.99. The predicted octanol–water partition coefficient (Wildman–Crippen LogP) is 4.21. The number of fused-ring (bicyclic) bond motifs is 3. The average Bonchev–Trinajstić information content (AvgIpc) is 3.14. The lowest BCUT2D eigenvalue weighted by molar-refractivity contribution is 0.190. The second kappa shape index (κ2) is 8.53. The van der Waals surface area contributed by atoms with Crippen LogP contribution in [0.4, 0.5) is 8.78 Å². The molecule has 1 atom stereocenters. The molecule has 0 saturated carbocycles. The summed E-state index contributed by atoms with van der Waals surface area (Å²) in [5, 5.41) is 8.89. The van der Waals surface area contributed by atoms with E-state index in [4.69, 9.17) is 4.74 Å². The van der Waals surface area contributed by atoms with Crippen LogP contribution in [0.25, 0.3) is 16.7 Å². The first-order chi connectivity index (χ1) is 14.5. The minimum atomic E-state index is -0.606. The van der Waals surface area contributed by atoms with Crippen LogP contribution in [0.15, 0.2) is 52.4 Å². The van der Waals surface area contributed by atoms with Gasteiger partial charge in [0.15, 0.2) is 5.16 Å². The second-order valence-electron chi connectivity index (χ2n) is 6.83. The molecular formula is C21H20F2N4O2S. The van der Waals surface area contributed by atoms with Gasteiger partial charge in [0.25, 0.3) is 5.56 Å². The van der Waals surface area contributed by atoms with Crippen molar-refractivity contribution in [2.45, 2.75) is 30.3 Å². The van der Waals surface area contributed by atoms with Gasteiger partial charge >= 0.3 is 0 Å². The number of halogens is 2. The summed E-state index contributed by atoms with van der Waals surface area (Å²) in [5.41, 5.74) is 0.470. The number of ether oxygens (including phenoxy) is 1. The fraction of sp³-hybridized carbons (Fsp3) is 0.286. The van der Waals surface area contributed by atoms with Gasteiger partial charge in [-0.1, -0.05) is 30.0 Å². The Morgan fingerprint density at radius 1 is 1.10 bits per heavy atom. The number of methoxy groups -OCH3 is 1. The Kier molecular flexibility index (Phi) is 5.83. The van der Waals surface area contributed by atoms with Crippen molar-refractivity contribution in [2.75, 3.05) is 13.7 Å². The zero-order valence-electron chi connectivity index (χ0n) is 16.5. The van der Waals surface area contributed by atoms with Gasteiger partial charge in [-0.25, -0.2) is 8.78 Å². The molecule has 0 amide bonds. The standard InChI is InChI=1S/C21H20F2N4O2S/c1-13(18-15(22)8-5-9-16(18)23)30-21-25-24-20-26(11-6-12-29-2)19(28)14-7-3-4-10-17(14)27(20)21/h3-5,7-10,13H,6,11-12H2,1-2H3. The van der Waals surface area contributed by atoms with Crippen LogP contribution >= 0.6 is 11.8 Å². The molecule has 0 saturated heterocycles. The van der Waals surface area contributed by atoms with Crippen LogP contribution in [0.5, 0.6) is 0 Å². The van der Waals surface area contributed by atoms with E-state index < -0.39 is 16.9 Å². The van der Waals surface area contributed by atoms with Gasteiger partial charge in [-0.15, -0.1) is 10.2 Å². The largest absolute Gasteiger partial charge is 0.385 e. The van der Waals surface area contributed by atoms with Crippen molar-refractivity contribution in [2.24, 2.45) is 0 Å². The van der Waals surface area contributed by atoms with E-state index in [1.165, 1.54) is 30.0 Å². The van der Waals surface area contributed by atoms with Gasteiger partial charge in [-0.3, -0.25) is 13.8 Å². The number of hydrogen-bond donors (Lipinski definition) is 0. The molecule has 0 aliphatic rings. The quantitative estimate of drug-likeness (QED) is 0.325. The molecule has 6 nitrogen and oxygen atoms in total. The number of hydrogen-bond acceptors (Lipinski definition) is 5. The average molecular weight is 430 g/mol. The van der Waals surface area contributed by atoms with E-state index in [2.05, 4.69) is 10.2 Å². The monoisotopic (exact) mass is 430 g/mol. The summed E-state index contributed by atoms with van der Waals surface area (Å²) < 4.78 is 36.9. The van der Waals surface area contributed by atoms with Crippen LogP contribution in [0.1, 0.15) is 24.2 Å². The SMILES string of the molecule is COCCCn1c(=O)c2ccccc2n2c(SC(C)c3c(F)cccc3F)nnc12. The Morgan fingerprint density at radius 3 is 2.57 bits per heavy atom. The van der Waals surface area contributed by atoms with Crippen molar-refractivity contribution in [1.82, 2.24) is 19.2 Å². The second-order valence-corrected chi connectivity index (χ2v) is 8.14. The highest BCUT2D eigenvalue weighted by Crippen LogP contribution is 2.37. The molecule has 2 heterocycles. The van der Waals surface area contributed by atoms with Gasteiger partial charge in [-0.05, 0) is 37.6 Å². The lowest BCUT2D eigenvalue weighted by Gasteiger charge is -2.14. The Morgan fingerprint density at radius 2 is 1.83 bits per heavy atom. The smallest absolute Gasteiger partial charge is 0.262 e. The maximum atomic E-state index is 14.2. The third-order valence-electron chi connectivity index (χ3n) is 4.90. The Bertz CT molecular complexity index is 1250. The molecule has 4 aromatic rings. The molecule has 0 spiro atoms. The van der Waals surface area contributed by atoms with Crippen molar-refractivity contribution in [3.8, 4) is 0 Å². The summed E-state index contributed by atoms with van der Waals surface area (Å²) in [7, 11) is 1.60. The summed E-state index contributed by atoms with van der Waals surface area (Å²) in [6, 6.07) is 11.0. The van der Waals surface area contributed by atoms with Crippen molar-refractivity contribution in [1.29, 1.82) is 0 Å². The highest BCUT2D eigenvalue weighted by Gasteiger charge is 2.22. The first kappa shape index (κ1) is 20.5. The van der Waals surface area contributed by atoms with Crippen LogP contribution in [0, 0.1) is 11.6 Å². The minimum absolute atomic E-state index is 0.0167. The van der Waals surface area contributed by atoms with Crippen LogP contribution in [-0.2, 0) is 11.3 Å². The molecule has 30 heavy (non-hydrogen) atoms. The summed E-state index contributed by atoms with van der Waals surface area (Å²) in [5.74, 6) is -0.825. The van der Waals surface area contributed by atoms with Crippen molar-refractivity contribution >= 4 is 28.4 Å². The zero-order valence-corrected chi connectivity index (χ0v) is 17.3. The van der Waals surface area contributed by atoms with E-state index in [1.807, 2.05) is 12.1 Å². The maximum absolute atomic E-state index is 14.2. The van der Waals surface area contributed by atoms with E-state index in [1.54, 1.807) is 35.1 Å². The maximum Gasteiger partial charge on any atom is 0.262 e. The van der Waals surface area contributed by atoms with Gasteiger partial charge in [-0.2, -0.15) is 0 Å². The molecule has 0 fully saturated rings. The van der Waals surface area contributed by atoms with Crippen LogP contribution < -0.4 is 5.56 Å². The fourth-order valence-corrected chi connectivity index (χ4v) is 4.53. The number of thioether (sulfide) groups is 1. The summed E-state index contributed by atoms with van der Waals surface area (Å²) in [6.45, 7) is 2.64. The number of para-hydroxylation sites is 1. The Hall–Kier alpha value is -2.78. The molecule has 2 aromatic carbocycles. The molecule has 0 aliphatic carbocycles. The minimum Gasteiger partial charge on any atom is -0.385 e. The van der Waals surface area contributed by atoms with E-state index >= 15 is 0 Å². The van der Waals surface area contributed by atoms with Crippen LogP contribution in [0.3, 0.4) is 0 Å². The first-order valence-electron chi connectivity index (χ1n) is 9.49. The zero-order chi connectivity index (χ0) is 21.3. The van der Waals surface area contributed by atoms with E-state index in [-0.39, 0.29) is 11.1 Å². The van der Waals surface area contributed by atoms with Crippen molar-refractivity contribution in [3.63, 3.8) is 0 Å². The van der Waals surface area contributed by atoms with Gasteiger partial charge in [0.05, 0.1) is 10.9 Å². The third-order valence-corrected chi connectivity index (χ3v) is 5.96. The van der Waals surface area contributed by atoms with Crippen molar-refractivity contribution < 1.29 is 13.5 Å². The normalized spacial score (nSPS) is 12.7. The molecule has 0 aliphatic heterocycles. The number of aryl methyl sites for hydroxylation is 1. The first-order valence-corrected chi connectivity index (χ1v) is 10.4. The molecule has 4 rings (SSSR count). The van der Waals surface area contributed by atoms with Gasteiger partial charge in [0, 0.05) is 31.1 Å². The summed E-state index contributed by atoms with van der Waals surface area (Å²) in [4.78, 5) is 13.0. The highest BCUT2D eigenvalue weighted by atomic mass is 32.2. The molecule has 0 radical (unpaired) electrons. The van der Waals surface area contributed by atoms with Crippen LogP contribution in [0.2, 0.25) is 0 Å². The lowest BCUT2D eigenvalue weighted by atomic mass is 10.1. The number of benzene rings is 2. The molecule has 0 N–H and O–H groups in total. The lowest BCUT2D eigenvalue weighted by Crippen LogP contribution is -2.24. The molecule has 1 unspecified atom stereocenters. The fourth-order valence-electron chi connectivity index (χ4n) is 3.49. The third kappa shape index (κ3) is 3.59. The summed E-state index contributed by atoms with van der Waals surface area (Å²) in [6.07, 6.45) is 0.635. The van der Waals surface area contributed by atoms with E-state index in [0.29, 0.717) is 41.4 Å². The Balaban J connectivity index is 1.85. The predicted molar refractivity (Wildman–Crippen MR) is 112 cm³/mol. The molecule has 156 valence electrons. The van der Waals surface area contributed by atoms with Crippen LogP contribution in [-0.4, -0.2) is 32.9 Å². The molecule has 0 bridgehead atoms. The topological polar surface area (TPSA) is 61.4 Å². The molecule has 9 heteroatoms. The number of rotatable bonds is 7. The van der Waals surface area contributed by atoms with Gasteiger partial charge in [0.1, 0.15) is 11.6 Å². The summed E-state index contributed by atoms with van der Waals surface area (Å²) >= 11 is 1.19. The van der Waals surface area contributed by atoms with Gasteiger partial charge < -0.3 is 4.74 Å².